The van der Waals surface area contributed by atoms with Crippen LogP contribution in [-0.4, -0.2) is 66.5 Å². The molecule has 2 aliphatic rings. The number of hydrogen-bond acceptors (Lipinski definition) is 5. The van der Waals surface area contributed by atoms with Crippen molar-refractivity contribution in [3.05, 3.63) is 23.8 Å². The number of carbonyl (C=O) groups is 3. The normalized spacial score (nSPS) is 17.9. The van der Waals surface area contributed by atoms with Crippen LogP contribution < -0.4 is 14.8 Å². The van der Waals surface area contributed by atoms with Crippen LogP contribution in [0.5, 0.6) is 11.5 Å². The average Bonchev–Trinajstić information content (AvgIpc) is 3.01. The van der Waals surface area contributed by atoms with Crippen LogP contribution in [0.3, 0.4) is 0 Å². The van der Waals surface area contributed by atoms with Gasteiger partial charge in [-0.25, -0.2) is 4.79 Å². The van der Waals surface area contributed by atoms with Crippen LogP contribution in [0.1, 0.15) is 37.0 Å². The molecule has 2 heterocycles. The minimum atomic E-state index is -0.336. The first-order chi connectivity index (χ1) is 13.0. The lowest BCUT2D eigenvalue weighted by Crippen LogP contribution is -2.49. The summed E-state index contributed by atoms with van der Waals surface area (Å²) in [7, 11) is 0. The van der Waals surface area contributed by atoms with E-state index in [2.05, 4.69) is 5.32 Å². The molecule has 0 bridgehead atoms. The lowest BCUT2D eigenvalue weighted by molar-refractivity contribution is -0.127. The molecule has 1 aromatic rings. The first-order valence-electron chi connectivity index (χ1n) is 9.34. The molecule has 0 atom stereocenters. The van der Waals surface area contributed by atoms with Crippen LogP contribution in [-0.2, 0) is 4.79 Å². The topological polar surface area (TPSA) is 88.2 Å². The van der Waals surface area contributed by atoms with E-state index in [9.17, 15) is 14.4 Å². The van der Waals surface area contributed by atoms with Crippen molar-refractivity contribution in [2.45, 2.75) is 32.7 Å². The van der Waals surface area contributed by atoms with Crippen molar-refractivity contribution in [2.75, 3.05) is 32.8 Å². The summed E-state index contributed by atoms with van der Waals surface area (Å²) < 4.78 is 11.1. The van der Waals surface area contributed by atoms with Gasteiger partial charge in [0, 0.05) is 24.7 Å². The molecular weight excluding hydrogens is 350 g/mol. The fourth-order valence-electron chi connectivity index (χ4n) is 3.50. The van der Waals surface area contributed by atoms with Crippen molar-refractivity contribution < 1.29 is 23.9 Å². The van der Waals surface area contributed by atoms with Crippen molar-refractivity contribution >= 4 is 17.8 Å². The van der Waals surface area contributed by atoms with E-state index in [-0.39, 0.29) is 30.4 Å². The third-order valence-electron chi connectivity index (χ3n) is 4.79. The van der Waals surface area contributed by atoms with Gasteiger partial charge >= 0.3 is 6.03 Å². The number of likely N-dealkylation sites (tertiary alicyclic amines) is 1. The zero-order valence-corrected chi connectivity index (χ0v) is 15.7. The molecule has 3 rings (SSSR count). The summed E-state index contributed by atoms with van der Waals surface area (Å²) in [5.41, 5.74) is 0.537. The van der Waals surface area contributed by atoms with E-state index in [0.29, 0.717) is 56.2 Å². The van der Waals surface area contributed by atoms with E-state index in [1.165, 1.54) is 4.90 Å². The molecule has 0 unspecified atom stereocenters. The van der Waals surface area contributed by atoms with Crippen molar-refractivity contribution in [3.63, 3.8) is 0 Å². The quantitative estimate of drug-likeness (QED) is 0.764. The number of ether oxygens (including phenoxy) is 2. The highest BCUT2D eigenvalue weighted by Crippen LogP contribution is 2.29. The number of piperidine rings is 1. The molecule has 8 heteroatoms. The minimum Gasteiger partial charge on any atom is -0.490 e. The van der Waals surface area contributed by atoms with Gasteiger partial charge in [0.1, 0.15) is 0 Å². The second-order valence-electron chi connectivity index (χ2n) is 6.47. The van der Waals surface area contributed by atoms with E-state index in [0.717, 1.165) is 0 Å². The van der Waals surface area contributed by atoms with Gasteiger partial charge in [0.15, 0.2) is 11.5 Å². The van der Waals surface area contributed by atoms with Crippen molar-refractivity contribution in [2.24, 2.45) is 0 Å². The van der Waals surface area contributed by atoms with Crippen molar-refractivity contribution in [1.82, 2.24) is 15.1 Å². The molecule has 1 N–H and O–H groups in total. The van der Waals surface area contributed by atoms with E-state index >= 15 is 0 Å². The second-order valence-corrected chi connectivity index (χ2v) is 6.47. The fourth-order valence-corrected chi connectivity index (χ4v) is 3.50. The number of carbonyl (C=O) groups excluding carboxylic acids is 3. The Morgan fingerprint density at radius 1 is 1.11 bits per heavy atom. The van der Waals surface area contributed by atoms with E-state index < -0.39 is 0 Å². The highest BCUT2D eigenvalue weighted by atomic mass is 16.5. The number of amides is 4. The monoisotopic (exact) mass is 375 g/mol. The number of imide groups is 1. The average molecular weight is 375 g/mol. The van der Waals surface area contributed by atoms with Gasteiger partial charge in [0.2, 0.25) is 5.91 Å². The fraction of sp³-hybridized carbons (Fsp3) is 0.526. The molecule has 0 saturated carbocycles. The van der Waals surface area contributed by atoms with Gasteiger partial charge in [-0.3, -0.25) is 14.5 Å². The lowest BCUT2D eigenvalue weighted by Gasteiger charge is -2.35. The molecule has 4 amide bonds. The molecule has 2 aliphatic heterocycles. The molecule has 0 aliphatic carbocycles. The number of benzene rings is 1. The molecule has 2 saturated heterocycles. The first kappa shape index (κ1) is 19.0. The largest absolute Gasteiger partial charge is 0.490 e. The molecule has 0 spiro atoms. The van der Waals surface area contributed by atoms with Crippen LogP contribution >= 0.6 is 0 Å². The maximum absolute atomic E-state index is 12.9. The van der Waals surface area contributed by atoms with Gasteiger partial charge in [-0.2, -0.15) is 0 Å². The van der Waals surface area contributed by atoms with Crippen molar-refractivity contribution in [1.29, 1.82) is 0 Å². The Morgan fingerprint density at radius 2 is 1.78 bits per heavy atom. The standard InChI is InChI=1S/C19H25N3O5/c1-3-26-15-6-5-13(11-16(15)27-4-2)18(24)21-9-7-14(8-10-21)22-17(23)12-20-19(22)25/h5-6,11,14H,3-4,7-10,12H2,1-2H3,(H,20,25). The van der Waals surface area contributed by atoms with E-state index in [4.69, 9.17) is 9.47 Å². The van der Waals surface area contributed by atoms with Gasteiger partial charge in [-0.1, -0.05) is 0 Å². The van der Waals surface area contributed by atoms with Gasteiger partial charge in [-0.15, -0.1) is 0 Å². The Hall–Kier alpha value is -2.77. The minimum absolute atomic E-state index is 0.0599. The summed E-state index contributed by atoms with van der Waals surface area (Å²) in [6, 6.07) is 4.71. The summed E-state index contributed by atoms with van der Waals surface area (Å²) in [5.74, 6) is 0.889. The molecule has 2 fully saturated rings. The Morgan fingerprint density at radius 3 is 2.37 bits per heavy atom. The predicted molar refractivity (Wildman–Crippen MR) is 98.0 cm³/mol. The third kappa shape index (κ3) is 3.99. The zero-order valence-electron chi connectivity index (χ0n) is 15.7. The number of nitrogens with zero attached hydrogens (tertiary/aromatic N) is 2. The Bertz CT molecular complexity index is 712. The molecule has 8 nitrogen and oxygen atoms in total. The Labute approximate surface area is 158 Å². The summed E-state index contributed by atoms with van der Waals surface area (Å²) in [6.07, 6.45) is 1.17. The SMILES string of the molecule is CCOc1ccc(C(=O)N2CCC(N3C(=O)CNC3=O)CC2)cc1OCC. The van der Waals surface area contributed by atoms with Gasteiger partial charge < -0.3 is 19.7 Å². The summed E-state index contributed by atoms with van der Waals surface area (Å²) >= 11 is 0. The molecule has 0 radical (unpaired) electrons. The molecule has 1 aromatic carbocycles. The van der Waals surface area contributed by atoms with E-state index in [1.54, 1.807) is 23.1 Å². The Balaban J connectivity index is 1.66. The Kier molecular flexibility index (Phi) is 5.83. The first-order valence-corrected chi connectivity index (χ1v) is 9.34. The lowest BCUT2D eigenvalue weighted by atomic mass is 10.0. The zero-order chi connectivity index (χ0) is 19.4. The van der Waals surface area contributed by atoms with Crippen LogP contribution in [0, 0.1) is 0 Å². The third-order valence-corrected chi connectivity index (χ3v) is 4.79. The van der Waals surface area contributed by atoms with Crippen LogP contribution in [0.15, 0.2) is 18.2 Å². The molecular formula is C19H25N3O5. The predicted octanol–water partition coefficient (Wildman–Crippen LogP) is 1.64. The summed E-state index contributed by atoms with van der Waals surface area (Å²) in [6.45, 7) is 5.83. The summed E-state index contributed by atoms with van der Waals surface area (Å²) in [5, 5.41) is 2.54. The highest BCUT2D eigenvalue weighted by molar-refractivity contribution is 6.02. The number of nitrogens with one attached hydrogen (secondary N) is 1. The smallest absolute Gasteiger partial charge is 0.324 e. The molecule has 146 valence electrons. The van der Waals surface area contributed by atoms with Crippen LogP contribution in [0.25, 0.3) is 0 Å². The van der Waals surface area contributed by atoms with Gasteiger partial charge in [0.05, 0.1) is 19.8 Å². The molecule has 0 aromatic heterocycles. The summed E-state index contributed by atoms with van der Waals surface area (Å²) in [4.78, 5) is 39.5. The van der Waals surface area contributed by atoms with Gasteiger partial charge in [-0.05, 0) is 44.9 Å². The van der Waals surface area contributed by atoms with E-state index in [1.807, 2.05) is 13.8 Å². The van der Waals surface area contributed by atoms with Gasteiger partial charge in [0.25, 0.3) is 5.91 Å². The highest BCUT2D eigenvalue weighted by Gasteiger charge is 2.37. The second kappa shape index (κ2) is 8.28. The van der Waals surface area contributed by atoms with Crippen LogP contribution in [0.2, 0.25) is 0 Å². The maximum Gasteiger partial charge on any atom is 0.324 e. The number of rotatable bonds is 6. The maximum atomic E-state index is 12.9. The van der Waals surface area contributed by atoms with Crippen LogP contribution in [0.4, 0.5) is 4.79 Å². The van der Waals surface area contributed by atoms with Crippen molar-refractivity contribution in [3.8, 4) is 11.5 Å². The number of hydrogen-bond donors (Lipinski definition) is 1. The number of urea groups is 1. The molecule has 27 heavy (non-hydrogen) atoms.